The summed E-state index contributed by atoms with van der Waals surface area (Å²) in [4.78, 5) is 12.3. The summed E-state index contributed by atoms with van der Waals surface area (Å²) >= 11 is 0. The van der Waals surface area contributed by atoms with Crippen LogP contribution in [0.2, 0.25) is 0 Å². The van der Waals surface area contributed by atoms with E-state index in [1.807, 2.05) is 6.07 Å². The van der Waals surface area contributed by atoms with Gasteiger partial charge in [0.15, 0.2) is 11.6 Å². The molecule has 2 atom stereocenters. The van der Waals surface area contributed by atoms with Gasteiger partial charge in [0.05, 0.1) is 0 Å². The lowest BCUT2D eigenvalue weighted by Crippen LogP contribution is -2.25. The highest BCUT2D eigenvalue weighted by Gasteiger charge is 2.44. The second-order valence-electron chi connectivity index (χ2n) is 6.55. The zero-order valence-corrected chi connectivity index (χ0v) is 13.1. The number of carbonyl (C=O) groups is 1. The standard InChI is InChI=1S/C19H18F2N2O/c20-17-4-3-12(6-18(17)21)15-7-16(15)19(24)23-8-11-1-2-13-9-22-10-14(13)5-11/h1-6,15-16,22H,7-10H2,(H,23,24). The summed E-state index contributed by atoms with van der Waals surface area (Å²) in [5, 5.41) is 6.25. The highest BCUT2D eigenvalue weighted by Crippen LogP contribution is 2.47. The van der Waals surface area contributed by atoms with Crippen molar-refractivity contribution in [3.8, 4) is 0 Å². The molecule has 2 aromatic rings. The lowest BCUT2D eigenvalue weighted by molar-refractivity contribution is -0.122. The number of rotatable bonds is 4. The summed E-state index contributed by atoms with van der Waals surface area (Å²) in [6.07, 6.45) is 0.686. The van der Waals surface area contributed by atoms with E-state index in [9.17, 15) is 13.6 Å². The molecule has 0 spiro atoms. The Bertz CT molecular complexity index is 806. The van der Waals surface area contributed by atoms with Crippen molar-refractivity contribution in [1.29, 1.82) is 0 Å². The summed E-state index contributed by atoms with van der Waals surface area (Å²) in [6.45, 7) is 2.27. The number of fused-ring (bicyclic) bond motifs is 1. The first-order valence-corrected chi connectivity index (χ1v) is 8.16. The second kappa shape index (κ2) is 5.98. The molecule has 1 saturated carbocycles. The van der Waals surface area contributed by atoms with Crippen molar-refractivity contribution in [3.05, 3.63) is 70.3 Å². The van der Waals surface area contributed by atoms with Gasteiger partial charge in [0.25, 0.3) is 0 Å². The van der Waals surface area contributed by atoms with Crippen molar-refractivity contribution in [2.45, 2.75) is 32.0 Å². The Morgan fingerprint density at radius 3 is 2.75 bits per heavy atom. The maximum absolute atomic E-state index is 13.3. The van der Waals surface area contributed by atoms with Crippen LogP contribution >= 0.6 is 0 Å². The molecule has 0 aromatic heterocycles. The second-order valence-corrected chi connectivity index (χ2v) is 6.55. The van der Waals surface area contributed by atoms with E-state index < -0.39 is 11.6 Å². The van der Waals surface area contributed by atoms with Gasteiger partial charge in [-0.05, 0) is 46.7 Å². The minimum atomic E-state index is -0.856. The van der Waals surface area contributed by atoms with Crippen LogP contribution in [-0.2, 0) is 24.4 Å². The van der Waals surface area contributed by atoms with Crippen LogP contribution in [-0.4, -0.2) is 5.91 Å². The average molecular weight is 328 g/mol. The van der Waals surface area contributed by atoms with E-state index in [0.29, 0.717) is 18.5 Å². The van der Waals surface area contributed by atoms with Gasteiger partial charge in [-0.3, -0.25) is 4.79 Å². The van der Waals surface area contributed by atoms with Gasteiger partial charge in [0, 0.05) is 25.6 Å². The molecule has 2 unspecified atom stereocenters. The van der Waals surface area contributed by atoms with Crippen molar-refractivity contribution in [3.63, 3.8) is 0 Å². The molecule has 4 rings (SSSR count). The molecule has 0 saturated heterocycles. The molecule has 1 amide bonds. The predicted octanol–water partition coefficient (Wildman–Crippen LogP) is 2.99. The summed E-state index contributed by atoms with van der Waals surface area (Å²) in [6, 6.07) is 10.1. The van der Waals surface area contributed by atoms with Crippen LogP contribution in [0.25, 0.3) is 0 Å². The van der Waals surface area contributed by atoms with Crippen LogP contribution in [0.5, 0.6) is 0 Å². The number of benzene rings is 2. The smallest absolute Gasteiger partial charge is 0.224 e. The van der Waals surface area contributed by atoms with Crippen LogP contribution in [0.4, 0.5) is 8.78 Å². The maximum Gasteiger partial charge on any atom is 0.224 e. The van der Waals surface area contributed by atoms with Crippen molar-refractivity contribution < 1.29 is 13.6 Å². The van der Waals surface area contributed by atoms with E-state index in [1.54, 1.807) is 6.07 Å². The summed E-state index contributed by atoms with van der Waals surface area (Å²) < 4.78 is 26.3. The molecule has 3 nitrogen and oxygen atoms in total. The number of amides is 1. The minimum absolute atomic E-state index is 0.00989. The number of hydrogen-bond acceptors (Lipinski definition) is 2. The van der Waals surface area contributed by atoms with E-state index in [0.717, 1.165) is 24.7 Å². The molecule has 1 aliphatic heterocycles. The first-order chi connectivity index (χ1) is 11.6. The van der Waals surface area contributed by atoms with Crippen LogP contribution in [0.3, 0.4) is 0 Å². The van der Waals surface area contributed by atoms with E-state index >= 15 is 0 Å². The Hall–Kier alpha value is -2.27. The van der Waals surface area contributed by atoms with E-state index in [4.69, 9.17) is 0 Å². The molecule has 2 aliphatic rings. The molecule has 1 aliphatic carbocycles. The van der Waals surface area contributed by atoms with Crippen molar-refractivity contribution in [2.75, 3.05) is 0 Å². The zero-order valence-electron chi connectivity index (χ0n) is 13.1. The van der Waals surface area contributed by atoms with Gasteiger partial charge in [-0.25, -0.2) is 8.78 Å². The molecular formula is C19H18F2N2O. The monoisotopic (exact) mass is 328 g/mol. The Morgan fingerprint density at radius 2 is 1.92 bits per heavy atom. The topological polar surface area (TPSA) is 41.1 Å². The fourth-order valence-electron chi connectivity index (χ4n) is 3.37. The summed E-state index contributed by atoms with van der Waals surface area (Å²) in [5.74, 6) is -1.89. The third-order valence-electron chi connectivity index (χ3n) is 4.87. The predicted molar refractivity (Wildman–Crippen MR) is 86.0 cm³/mol. The van der Waals surface area contributed by atoms with Gasteiger partial charge in [-0.1, -0.05) is 24.3 Å². The Kier molecular flexibility index (Phi) is 3.81. The van der Waals surface area contributed by atoms with Crippen molar-refractivity contribution in [1.82, 2.24) is 10.6 Å². The maximum atomic E-state index is 13.3. The molecule has 5 heteroatoms. The van der Waals surface area contributed by atoms with Crippen LogP contribution in [0, 0.1) is 17.6 Å². The molecule has 2 N–H and O–H groups in total. The van der Waals surface area contributed by atoms with Crippen LogP contribution < -0.4 is 10.6 Å². The number of halogens is 2. The van der Waals surface area contributed by atoms with E-state index in [1.165, 1.54) is 17.2 Å². The molecule has 24 heavy (non-hydrogen) atoms. The van der Waals surface area contributed by atoms with Gasteiger partial charge >= 0.3 is 0 Å². The van der Waals surface area contributed by atoms with Crippen molar-refractivity contribution >= 4 is 5.91 Å². The molecule has 0 radical (unpaired) electrons. The summed E-state index contributed by atoms with van der Waals surface area (Å²) in [7, 11) is 0. The van der Waals surface area contributed by atoms with Crippen LogP contribution in [0.15, 0.2) is 36.4 Å². The SMILES string of the molecule is O=C(NCc1ccc2c(c1)CNC2)C1CC1c1ccc(F)c(F)c1. The van der Waals surface area contributed by atoms with Crippen LogP contribution in [0.1, 0.15) is 34.6 Å². The molecule has 0 bridgehead atoms. The Labute approximate surface area is 139 Å². The summed E-state index contributed by atoms with van der Waals surface area (Å²) in [5.41, 5.74) is 4.37. The number of hydrogen-bond donors (Lipinski definition) is 2. The van der Waals surface area contributed by atoms with Gasteiger partial charge in [0.2, 0.25) is 5.91 Å². The quantitative estimate of drug-likeness (QED) is 0.906. The average Bonchev–Trinajstić information content (AvgIpc) is 3.25. The van der Waals surface area contributed by atoms with Gasteiger partial charge in [-0.15, -0.1) is 0 Å². The van der Waals surface area contributed by atoms with Crippen molar-refractivity contribution in [2.24, 2.45) is 5.92 Å². The molecular weight excluding hydrogens is 310 g/mol. The third-order valence-corrected chi connectivity index (χ3v) is 4.87. The highest BCUT2D eigenvalue weighted by atomic mass is 19.2. The molecule has 124 valence electrons. The zero-order chi connectivity index (χ0) is 16.7. The van der Waals surface area contributed by atoms with Gasteiger partial charge in [0.1, 0.15) is 0 Å². The normalized spacial score (nSPS) is 21.4. The lowest BCUT2D eigenvalue weighted by Gasteiger charge is -2.07. The Balaban J connectivity index is 1.35. The largest absolute Gasteiger partial charge is 0.352 e. The van der Waals surface area contributed by atoms with E-state index in [-0.39, 0.29) is 17.7 Å². The van der Waals surface area contributed by atoms with Gasteiger partial charge in [-0.2, -0.15) is 0 Å². The fraction of sp³-hybridized carbons (Fsp3) is 0.316. The first-order valence-electron chi connectivity index (χ1n) is 8.16. The minimum Gasteiger partial charge on any atom is -0.352 e. The first kappa shape index (κ1) is 15.3. The molecule has 1 heterocycles. The number of carbonyl (C=O) groups excluding carboxylic acids is 1. The van der Waals surface area contributed by atoms with Gasteiger partial charge < -0.3 is 10.6 Å². The lowest BCUT2D eigenvalue weighted by atomic mass is 10.1. The fourth-order valence-corrected chi connectivity index (χ4v) is 3.37. The third kappa shape index (κ3) is 2.91. The Morgan fingerprint density at radius 1 is 1.08 bits per heavy atom. The molecule has 2 aromatic carbocycles. The van der Waals surface area contributed by atoms with E-state index in [2.05, 4.69) is 22.8 Å². The number of nitrogens with one attached hydrogen (secondary N) is 2. The molecule has 1 fully saturated rings. The highest BCUT2D eigenvalue weighted by molar-refractivity contribution is 5.82.